The van der Waals surface area contributed by atoms with E-state index >= 15 is 0 Å². The second-order valence-corrected chi connectivity index (χ2v) is 3.85. The Kier molecular flexibility index (Phi) is 3.89. The highest BCUT2D eigenvalue weighted by atomic mass is 15.4. The first-order valence-corrected chi connectivity index (χ1v) is 5.87. The molecule has 1 heterocycles. The van der Waals surface area contributed by atoms with Crippen LogP contribution >= 0.6 is 0 Å². The van der Waals surface area contributed by atoms with Crippen molar-refractivity contribution in [3.63, 3.8) is 0 Å². The third-order valence-corrected chi connectivity index (χ3v) is 2.52. The van der Waals surface area contributed by atoms with Crippen molar-refractivity contribution in [3.8, 4) is 11.8 Å². The summed E-state index contributed by atoms with van der Waals surface area (Å²) in [5.74, 6) is 5.65. The van der Waals surface area contributed by atoms with Gasteiger partial charge in [0.1, 0.15) is 11.2 Å². The molecule has 0 aliphatic rings. The van der Waals surface area contributed by atoms with Crippen molar-refractivity contribution < 1.29 is 0 Å². The number of para-hydroxylation sites is 1. The summed E-state index contributed by atoms with van der Waals surface area (Å²) in [6.45, 7) is 7.36. The van der Waals surface area contributed by atoms with E-state index in [-0.39, 0.29) is 0 Å². The molecule has 4 nitrogen and oxygen atoms in total. The maximum atomic E-state index is 4.27. The second kappa shape index (κ2) is 5.78. The molecule has 0 unspecified atom stereocenters. The fraction of sp³-hybridized carbons (Fsp3) is 0.133. The Hall–Kier alpha value is -2.67. The summed E-state index contributed by atoms with van der Waals surface area (Å²) in [6.07, 6.45) is 3.34. The van der Waals surface area contributed by atoms with Gasteiger partial charge in [0.05, 0.1) is 11.2 Å². The minimum Gasteiger partial charge on any atom is -0.246 e. The van der Waals surface area contributed by atoms with Crippen LogP contribution in [0.4, 0.5) is 0 Å². The lowest BCUT2D eigenvalue weighted by atomic mass is 10.3. The third-order valence-electron chi connectivity index (χ3n) is 2.52. The van der Waals surface area contributed by atoms with Gasteiger partial charge in [0.15, 0.2) is 0 Å². The van der Waals surface area contributed by atoms with Crippen LogP contribution in [0, 0.1) is 11.8 Å². The van der Waals surface area contributed by atoms with Crippen LogP contribution in [0.25, 0.3) is 16.7 Å². The van der Waals surface area contributed by atoms with Gasteiger partial charge in [0.25, 0.3) is 0 Å². The number of fused-ring (bicyclic) bond motifs is 1. The summed E-state index contributed by atoms with van der Waals surface area (Å²) in [5.41, 5.74) is 3.31. The number of nitrogens with zero attached hydrogens (tertiary/aromatic N) is 4. The van der Waals surface area contributed by atoms with Crippen LogP contribution in [-0.4, -0.2) is 20.7 Å². The van der Waals surface area contributed by atoms with Gasteiger partial charge < -0.3 is 0 Å². The van der Waals surface area contributed by atoms with Gasteiger partial charge in [-0.15, -0.1) is 5.10 Å². The number of hydrogen-bond donors (Lipinski definition) is 0. The van der Waals surface area contributed by atoms with Crippen LogP contribution < -0.4 is 0 Å². The van der Waals surface area contributed by atoms with Crippen LogP contribution in [0.5, 0.6) is 0 Å². The molecule has 0 fully saturated rings. The van der Waals surface area contributed by atoms with Crippen LogP contribution in [0.2, 0.25) is 0 Å². The van der Waals surface area contributed by atoms with Crippen molar-refractivity contribution >= 4 is 22.4 Å². The lowest BCUT2D eigenvalue weighted by Gasteiger charge is -1.99. The Morgan fingerprint density at radius 2 is 2.21 bits per heavy atom. The molecule has 0 aliphatic carbocycles. The molecular weight excluding hydrogens is 236 g/mol. The Morgan fingerprint density at radius 1 is 1.42 bits per heavy atom. The molecule has 0 bridgehead atoms. The number of hydrogen-bond acceptors (Lipinski definition) is 3. The summed E-state index contributed by atoms with van der Waals surface area (Å²) < 4.78 is 1.75. The van der Waals surface area contributed by atoms with E-state index in [2.05, 4.69) is 33.7 Å². The molecule has 4 heteroatoms. The van der Waals surface area contributed by atoms with E-state index in [4.69, 9.17) is 0 Å². The summed E-state index contributed by atoms with van der Waals surface area (Å²) in [6, 6.07) is 7.78. The van der Waals surface area contributed by atoms with Crippen molar-refractivity contribution in [1.29, 1.82) is 0 Å². The van der Waals surface area contributed by atoms with Gasteiger partial charge in [-0.3, -0.25) is 0 Å². The number of rotatable bonds is 3. The van der Waals surface area contributed by atoms with Crippen molar-refractivity contribution in [3.05, 3.63) is 43.1 Å². The van der Waals surface area contributed by atoms with E-state index in [1.807, 2.05) is 31.2 Å². The van der Waals surface area contributed by atoms with Gasteiger partial charge in [-0.25, -0.2) is 9.67 Å². The van der Waals surface area contributed by atoms with Gasteiger partial charge in [0, 0.05) is 6.20 Å². The Morgan fingerprint density at radius 3 is 2.95 bits per heavy atom. The monoisotopic (exact) mass is 250 g/mol. The van der Waals surface area contributed by atoms with Crippen molar-refractivity contribution in [2.75, 3.05) is 0 Å². The minimum absolute atomic E-state index is 0.631. The molecule has 0 spiro atoms. The van der Waals surface area contributed by atoms with Crippen LogP contribution in [-0.2, 0) is 0 Å². The van der Waals surface area contributed by atoms with Crippen LogP contribution in [0.15, 0.2) is 48.1 Å². The topological polar surface area (TPSA) is 43.1 Å². The van der Waals surface area contributed by atoms with Gasteiger partial charge in [0.2, 0.25) is 0 Å². The van der Waals surface area contributed by atoms with E-state index in [0.717, 1.165) is 16.7 Å². The summed E-state index contributed by atoms with van der Waals surface area (Å²) in [5, 5.41) is 8.21. The zero-order valence-electron chi connectivity index (χ0n) is 11.0. The molecule has 0 saturated carbocycles. The molecule has 2 rings (SSSR count). The van der Waals surface area contributed by atoms with Gasteiger partial charge >= 0.3 is 0 Å². The van der Waals surface area contributed by atoms with E-state index in [0.29, 0.717) is 5.71 Å². The first-order chi connectivity index (χ1) is 9.26. The molecule has 0 radical (unpaired) electrons. The lowest BCUT2D eigenvalue weighted by molar-refractivity contribution is 0.833. The largest absolute Gasteiger partial charge is 0.246 e. The average Bonchev–Trinajstić information content (AvgIpc) is 2.87. The highest BCUT2D eigenvalue weighted by molar-refractivity contribution is 6.08. The van der Waals surface area contributed by atoms with E-state index in [1.165, 1.54) is 0 Å². The predicted octanol–water partition coefficient (Wildman–Crippen LogP) is 2.90. The molecule has 1 aromatic carbocycles. The fourth-order valence-corrected chi connectivity index (χ4v) is 1.61. The number of aromatic nitrogens is 3. The number of benzene rings is 1. The molecule has 94 valence electrons. The van der Waals surface area contributed by atoms with Crippen molar-refractivity contribution in [2.45, 2.75) is 13.8 Å². The fourth-order valence-electron chi connectivity index (χ4n) is 1.61. The van der Waals surface area contributed by atoms with Gasteiger partial charge in [-0.1, -0.05) is 29.8 Å². The van der Waals surface area contributed by atoms with Gasteiger partial charge in [-0.05, 0) is 38.0 Å². The highest BCUT2D eigenvalue weighted by Gasteiger charge is 2.03. The second-order valence-electron chi connectivity index (χ2n) is 3.85. The molecule has 0 amide bonds. The molecule has 19 heavy (non-hydrogen) atoms. The maximum absolute atomic E-state index is 4.27. The van der Waals surface area contributed by atoms with Gasteiger partial charge in [-0.2, -0.15) is 0 Å². The number of allylic oxidation sites excluding steroid dienone is 2. The number of aliphatic imine (C=N–C) groups is 1. The molecule has 0 aliphatic heterocycles. The SMILES string of the molecule is C=CC(C#CC)=N/C=C(\C)n1nnc2ccccc21. The van der Waals surface area contributed by atoms with Crippen molar-refractivity contribution in [2.24, 2.45) is 4.99 Å². The third kappa shape index (κ3) is 2.78. The Bertz CT molecular complexity index is 723. The molecule has 1 aromatic heterocycles. The zero-order valence-corrected chi connectivity index (χ0v) is 11.0. The molecule has 2 aromatic rings. The van der Waals surface area contributed by atoms with E-state index in [1.54, 1.807) is 23.9 Å². The average molecular weight is 250 g/mol. The lowest BCUT2D eigenvalue weighted by Crippen LogP contribution is -1.96. The normalized spacial score (nSPS) is 12.1. The summed E-state index contributed by atoms with van der Waals surface area (Å²) in [7, 11) is 0. The van der Waals surface area contributed by atoms with E-state index in [9.17, 15) is 0 Å². The molecular formula is C15H14N4. The quantitative estimate of drug-likeness (QED) is 0.621. The Balaban J connectivity index is 2.40. The maximum Gasteiger partial charge on any atom is 0.113 e. The standard InChI is InChI=1S/C15H14N4/c1-4-8-13(5-2)16-11-12(3)19-15-10-7-6-9-14(15)17-18-19/h5-7,9-11H,2H2,1,3H3/b12-11+,16-13?. The smallest absolute Gasteiger partial charge is 0.113 e. The Labute approximate surface area is 112 Å². The van der Waals surface area contributed by atoms with E-state index < -0.39 is 0 Å². The minimum atomic E-state index is 0.631. The molecule has 0 saturated heterocycles. The summed E-state index contributed by atoms with van der Waals surface area (Å²) >= 11 is 0. The molecule has 0 N–H and O–H groups in total. The van der Waals surface area contributed by atoms with Crippen molar-refractivity contribution in [1.82, 2.24) is 15.0 Å². The first kappa shape index (κ1) is 12.8. The molecule has 0 atom stereocenters. The summed E-state index contributed by atoms with van der Waals surface area (Å²) in [4.78, 5) is 4.27. The zero-order chi connectivity index (χ0) is 13.7. The first-order valence-electron chi connectivity index (χ1n) is 5.87. The highest BCUT2D eigenvalue weighted by Crippen LogP contribution is 2.14. The van der Waals surface area contributed by atoms with Crippen LogP contribution in [0.3, 0.4) is 0 Å². The van der Waals surface area contributed by atoms with Crippen LogP contribution in [0.1, 0.15) is 13.8 Å². The predicted molar refractivity (Wildman–Crippen MR) is 78.6 cm³/mol.